The number of hydrogen-bond acceptors (Lipinski definition) is 2. The molecule has 2 N–H and O–H groups in total. The third-order valence-electron chi connectivity index (χ3n) is 2.43. The molecule has 0 heterocycles. The summed E-state index contributed by atoms with van der Waals surface area (Å²) in [5.41, 5.74) is 0. The van der Waals surface area contributed by atoms with E-state index >= 15 is 0 Å². The van der Waals surface area contributed by atoms with E-state index in [4.69, 9.17) is 5.11 Å². The van der Waals surface area contributed by atoms with Crippen LogP contribution in [0.15, 0.2) is 0 Å². The molecule has 4 nitrogen and oxygen atoms in total. The maximum atomic E-state index is 11.3. The van der Waals surface area contributed by atoms with E-state index in [0.29, 0.717) is 5.92 Å². The fraction of sp³-hybridized carbons (Fsp3) is 0.818. The predicted molar refractivity (Wildman–Crippen MR) is 58.5 cm³/mol. The van der Waals surface area contributed by atoms with Crippen LogP contribution in [-0.4, -0.2) is 23.0 Å². The maximum Gasteiger partial charge on any atom is 0.303 e. The molecule has 0 radical (unpaired) electrons. The SMILES string of the molecule is CCC(C)CC(C)NC(=O)CCC(=O)O. The molecule has 88 valence electrons. The molecule has 1 amide bonds. The van der Waals surface area contributed by atoms with Gasteiger partial charge in [0.15, 0.2) is 0 Å². The summed E-state index contributed by atoms with van der Waals surface area (Å²) in [4.78, 5) is 21.5. The van der Waals surface area contributed by atoms with Gasteiger partial charge in [0.05, 0.1) is 6.42 Å². The van der Waals surface area contributed by atoms with Crippen molar-refractivity contribution in [2.24, 2.45) is 5.92 Å². The summed E-state index contributed by atoms with van der Waals surface area (Å²) in [7, 11) is 0. The van der Waals surface area contributed by atoms with E-state index in [9.17, 15) is 9.59 Å². The number of hydrogen-bond donors (Lipinski definition) is 2. The summed E-state index contributed by atoms with van der Waals surface area (Å²) in [6.45, 7) is 6.20. The molecular weight excluding hydrogens is 194 g/mol. The van der Waals surface area contributed by atoms with Gasteiger partial charge in [-0.15, -0.1) is 0 Å². The molecule has 0 aliphatic heterocycles. The summed E-state index contributed by atoms with van der Waals surface area (Å²) in [6, 6.07) is 0.126. The Kier molecular flexibility index (Phi) is 6.75. The molecule has 2 unspecified atom stereocenters. The van der Waals surface area contributed by atoms with E-state index in [0.717, 1.165) is 12.8 Å². The molecule has 4 heteroatoms. The van der Waals surface area contributed by atoms with Crippen molar-refractivity contribution in [1.29, 1.82) is 0 Å². The molecule has 0 saturated carbocycles. The number of carboxylic acids is 1. The number of rotatable bonds is 7. The molecule has 0 rings (SSSR count). The lowest BCUT2D eigenvalue weighted by Crippen LogP contribution is -2.33. The van der Waals surface area contributed by atoms with Gasteiger partial charge in [0.25, 0.3) is 0 Å². The van der Waals surface area contributed by atoms with Crippen molar-refractivity contribution >= 4 is 11.9 Å². The summed E-state index contributed by atoms with van der Waals surface area (Å²) in [5, 5.41) is 11.2. The van der Waals surface area contributed by atoms with Crippen molar-refractivity contribution in [3.63, 3.8) is 0 Å². The van der Waals surface area contributed by atoms with Crippen molar-refractivity contribution in [3.8, 4) is 0 Å². The molecule has 0 aromatic carbocycles. The van der Waals surface area contributed by atoms with Crippen molar-refractivity contribution in [2.45, 2.75) is 52.5 Å². The minimum atomic E-state index is -0.931. The summed E-state index contributed by atoms with van der Waals surface area (Å²) in [6.07, 6.45) is 2.01. The van der Waals surface area contributed by atoms with Gasteiger partial charge in [-0.05, 0) is 19.3 Å². The number of carbonyl (C=O) groups is 2. The van der Waals surface area contributed by atoms with E-state index < -0.39 is 5.97 Å². The lowest BCUT2D eigenvalue weighted by molar-refractivity contribution is -0.138. The Bertz CT molecular complexity index is 216. The largest absolute Gasteiger partial charge is 0.481 e. The van der Waals surface area contributed by atoms with E-state index in [2.05, 4.69) is 19.2 Å². The molecular formula is C11H21NO3. The molecule has 0 bridgehead atoms. The van der Waals surface area contributed by atoms with E-state index in [-0.39, 0.29) is 24.8 Å². The monoisotopic (exact) mass is 215 g/mol. The Labute approximate surface area is 91.1 Å². The van der Waals surface area contributed by atoms with Crippen molar-refractivity contribution in [3.05, 3.63) is 0 Å². The highest BCUT2D eigenvalue weighted by atomic mass is 16.4. The average molecular weight is 215 g/mol. The highest BCUT2D eigenvalue weighted by molar-refractivity contribution is 5.80. The molecule has 0 aromatic heterocycles. The summed E-state index contributed by atoms with van der Waals surface area (Å²) < 4.78 is 0. The lowest BCUT2D eigenvalue weighted by atomic mass is 10.0. The van der Waals surface area contributed by atoms with E-state index in [1.54, 1.807) is 0 Å². The van der Waals surface area contributed by atoms with Crippen LogP contribution in [0.3, 0.4) is 0 Å². The van der Waals surface area contributed by atoms with E-state index in [1.807, 2.05) is 6.92 Å². The minimum absolute atomic E-state index is 0.0696. The number of carboxylic acid groups (broad SMARTS) is 1. The van der Waals surface area contributed by atoms with Crippen molar-refractivity contribution in [2.75, 3.05) is 0 Å². The Morgan fingerprint density at radius 2 is 1.87 bits per heavy atom. The van der Waals surface area contributed by atoms with Crippen LogP contribution in [0.1, 0.15) is 46.5 Å². The van der Waals surface area contributed by atoms with Gasteiger partial charge in [-0.1, -0.05) is 20.3 Å². The lowest BCUT2D eigenvalue weighted by Gasteiger charge is -2.17. The fourth-order valence-electron chi connectivity index (χ4n) is 1.40. The zero-order valence-electron chi connectivity index (χ0n) is 9.75. The molecule has 0 saturated heterocycles. The molecule has 0 spiro atoms. The molecule has 0 fully saturated rings. The van der Waals surface area contributed by atoms with Gasteiger partial charge in [-0.2, -0.15) is 0 Å². The summed E-state index contributed by atoms with van der Waals surface area (Å²) in [5.74, 6) is -0.521. The van der Waals surface area contributed by atoms with Crippen LogP contribution in [0, 0.1) is 5.92 Å². The predicted octanol–water partition coefficient (Wildman–Crippen LogP) is 1.79. The van der Waals surface area contributed by atoms with Crippen LogP contribution in [0.25, 0.3) is 0 Å². The minimum Gasteiger partial charge on any atom is -0.481 e. The fourth-order valence-corrected chi connectivity index (χ4v) is 1.40. The Hall–Kier alpha value is -1.06. The van der Waals surface area contributed by atoms with Crippen LogP contribution in [-0.2, 0) is 9.59 Å². The van der Waals surface area contributed by atoms with Crippen LogP contribution >= 0.6 is 0 Å². The number of nitrogens with one attached hydrogen (secondary N) is 1. The van der Waals surface area contributed by atoms with Crippen molar-refractivity contribution in [1.82, 2.24) is 5.32 Å². The molecule has 0 aromatic rings. The van der Waals surface area contributed by atoms with Crippen LogP contribution in [0.4, 0.5) is 0 Å². The van der Waals surface area contributed by atoms with Gasteiger partial charge in [0, 0.05) is 12.5 Å². The number of aliphatic carboxylic acids is 1. The highest BCUT2D eigenvalue weighted by Gasteiger charge is 2.11. The first kappa shape index (κ1) is 13.9. The number of amides is 1. The highest BCUT2D eigenvalue weighted by Crippen LogP contribution is 2.09. The van der Waals surface area contributed by atoms with Gasteiger partial charge in [0.2, 0.25) is 5.91 Å². The van der Waals surface area contributed by atoms with Crippen LogP contribution in [0.2, 0.25) is 0 Å². The van der Waals surface area contributed by atoms with Gasteiger partial charge < -0.3 is 10.4 Å². The topological polar surface area (TPSA) is 66.4 Å². The second kappa shape index (κ2) is 7.26. The zero-order valence-corrected chi connectivity index (χ0v) is 9.75. The number of carbonyl (C=O) groups excluding carboxylic acids is 1. The first-order valence-corrected chi connectivity index (χ1v) is 5.46. The van der Waals surface area contributed by atoms with Crippen molar-refractivity contribution < 1.29 is 14.7 Å². The average Bonchev–Trinajstić information content (AvgIpc) is 2.14. The standard InChI is InChI=1S/C11H21NO3/c1-4-8(2)7-9(3)12-10(13)5-6-11(14)15/h8-9H,4-7H2,1-3H3,(H,12,13)(H,14,15). The van der Waals surface area contributed by atoms with E-state index in [1.165, 1.54) is 0 Å². The molecule has 0 aliphatic carbocycles. The van der Waals surface area contributed by atoms with Gasteiger partial charge in [-0.3, -0.25) is 9.59 Å². The van der Waals surface area contributed by atoms with Crippen LogP contribution in [0.5, 0.6) is 0 Å². The molecule has 2 atom stereocenters. The quantitative estimate of drug-likeness (QED) is 0.680. The second-order valence-corrected chi connectivity index (χ2v) is 4.11. The first-order chi connectivity index (χ1) is 6.95. The second-order valence-electron chi connectivity index (χ2n) is 4.11. The van der Waals surface area contributed by atoms with Gasteiger partial charge >= 0.3 is 5.97 Å². The summed E-state index contributed by atoms with van der Waals surface area (Å²) >= 11 is 0. The normalized spacial score (nSPS) is 14.3. The Morgan fingerprint density at radius 1 is 1.27 bits per heavy atom. The zero-order chi connectivity index (χ0) is 11.8. The smallest absolute Gasteiger partial charge is 0.303 e. The Morgan fingerprint density at radius 3 is 2.33 bits per heavy atom. The third kappa shape index (κ3) is 7.97. The third-order valence-corrected chi connectivity index (χ3v) is 2.43. The van der Waals surface area contributed by atoms with Gasteiger partial charge in [-0.25, -0.2) is 0 Å². The molecule has 15 heavy (non-hydrogen) atoms. The molecule has 0 aliphatic rings. The first-order valence-electron chi connectivity index (χ1n) is 5.46. The maximum absolute atomic E-state index is 11.3. The Balaban J connectivity index is 3.71. The van der Waals surface area contributed by atoms with Gasteiger partial charge in [0.1, 0.15) is 0 Å². The van der Waals surface area contributed by atoms with Crippen LogP contribution < -0.4 is 5.32 Å².